The van der Waals surface area contributed by atoms with Crippen LogP contribution in [0.4, 0.5) is 0 Å². The Labute approximate surface area is 299 Å². The first-order valence-electron chi connectivity index (χ1n) is 14.0. The van der Waals surface area contributed by atoms with Gasteiger partial charge in [-0.3, -0.25) is 9.36 Å². The highest BCUT2D eigenvalue weighted by molar-refractivity contribution is 14.1. The molecule has 1 aromatic heterocycles. The zero-order chi connectivity index (χ0) is 33.1. The van der Waals surface area contributed by atoms with E-state index in [0.29, 0.717) is 54.7 Å². The van der Waals surface area contributed by atoms with Gasteiger partial charge < -0.3 is 23.7 Å². The van der Waals surface area contributed by atoms with Crippen molar-refractivity contribution in [3.05, 3.63) is 109 Å². The second-order valence-electron chi connectivity index (χ2n) is 9.98. The zero-order valence-electron chi connectivity index (χ0n) is 25.5. The van der Waals surface area contributed by atoms with E-state index in [1.807, 2.05) is 36.4 Å². The Morgan fingerprint density at radius 1 is 1.02 bits per heavy atom. The number of hydrogen-bond donors (Lipinski definition) is 0. The van der Waals surface area contributed by atoms with Crippen LogP contribution in [0.25, 0.3) is 6.08 Å². The smallest absolute Gasteiger partial charge is 0.338 e. The number of esters is 1. The highest BCUT2D eigenvalue weighted by atomic mass is 127. The largest absolute Gasteiger partial charge is 0.493 e. The summed E-state index contributed by atoms with van der Waals surface area (Å²) in [5.41, 5.74) is 2.78. The van der Waals surface area contributed by atoms with Crippen LogP contribution in [0.1, 0.15) is 36.6 Å². The van der Waals surface area contributed by atoms with Crippen molar-refractivity contribution in [2.24, 2.45) is 4.99 Å². The molecule has 0 saturated carbocycles. The standard InChI is InChI=1S/C33H29Br2IN2O7S/c1-6-44-32(40)28-17(2)37-33-38(29(28)21-14-24(41-3)25(42-4)15-22(21)35)31(39)27(46-33)13-19-11-23(36)30(26(12-19)43-5)45-16-18-7-9-20(34)10-8-18/h7-15,29H,6,16H2,1-5H3/b27-13-/t29-/m0/s1. The minimum absolute atomic E-state index is 0.170. The average Bonchev–Trinajstić information content (AvgIpc) is 3.33. The predicted octanol–water partition coefficient (Wildman–Crippen LogP) is 6.53. The predicted molar refractivity (Wildman–Crippen MR) is 192 cm³/mol. The van der Waals surface area contributed by atoms with Gasteiger partial charge in [0.2, 0.25) is 0 Å². The normalized spacial score (nSPS) is 14.4. The summed E-state index contributed by atoms with van der Waals surface area (Å²) in [7, 11) is 4.65. The van der Waals surface area contributed by atoms with Crippen molar-refractivity contribution in [1.82, 2.24) is 4.57 Å². The maximum Gasteiger partial charge on any atom is 0.338 e. The van der Waals surface area contributed by atoms with Crippen LogP contribution in [-0.4, -0.2) is 38.5 Å². The van der Waals surface area contributed by atoms with Gasteiger partial charge >= 0.3 is 5.97 Å². The van der Waals surface area contributed by atoms with Crippen LogP contribution in [-0.2, 0) is 16.1 Å². The van der Waals surface area contributed by atoms with E-state index >= 15 is 0 Å². The zero-order valence-corrected chi connectivity index (χ0v) is 31.6. The fourth-order valence-corrected chi connectivity index (χ4v) is 7.65. The minimum Gasteiger partial charge on any atom is -0.493 e. The highest BCUT2D eigenvalue weighted by Crippen LogP contribution is 2.41. The second kappa shape index (κ2) is 14.7. The average molecular weight is 884 g/mol. The van der Waals surface area contributed by atoms with Crippen molar-refractivity contribution in [2.75, 3.05) is 27.9 Å². The Kier molecular flexibility index (Phi) is 11.0. The third kappa shape index (κ3) is 6.92. The SMILES string of the molecule is CCOC(=O)C1=C(C)N=c2s/c(=C\c3cc(I)c(OCc4ccc(Br)cc4)c(OC)c3)c(=O)n2[C@H]1c1cc(OC)c(OC)cc1Br. The first-order valence-corrected chi connectivity index (χ1v) is 17.4. The summed E-state index contributed by atoms with van der Waals surface area (Å²) in [6.45, 7) is 4.01. The Bertz CT molecular complexity index is 2020. The molecule has 0 spiro atoms. The molecule has 0 saturated heterocycles. The van der Waals surface area contributed by atoms with Gasteiger partial charge in [0, 0.05) is 8.95 Å². The molecule has 0 fully saturated rings. The van der Waals surface area contributed by atoms with Crippen LogP contribution in [0.2, 0.25) is 0 Å². The number of halogens is 3. The lowest BCUT2D eigenvalue weighted by molar-refractivity contribution is -0.139. The van der Waals surface area contributed by atoms with E-state index in [1.165, 1.54) is 23.0 Å². The minimum atomic E-state index is -0.837. The topological polar surface area (TPSA) is 97.6 Å². The van der Waals surface area contributed by atoms with Crippen molar-refractivity contribution < 1.29 is 28.5 Å². The molecular formula is C33H29Br2IN2O7S. The summed E-state index contributed by atoms with van der Waals surface area (Å²) in [4.78, 5) is 32.7. The Balaban J connectivity index is 1.62. The molecule has 3 aromatic carbocycles. The molecule has 2 heterocycles. The molecule has 1 aliphatic rings. The first kappa shape index (κ1) is 34.2. The van der Waals surface area contributed by atoms with Gasteiger partial charge in [0.05, 0.1) is 53.4 Å². The van der Waals surface area contributed by atoms with Gasteiger partial charge in [-0.05, 0) is 95.6 Å². The molecule has 1 aliphatic heterocycles. The van der Waals surface area contributed by atoms with Crippen molar-refractivity contribution in [3.63, 3.8) is 0 Å². The number of aromatic nitrogens is 1. The van der Waals surface area contributed by atoms with Gasteiger partial charge in [-0.25, -0.2) is 9.79 Å². The van der Waals surface area contributed by atoms with E-state index in [2.05, 4.69) is 59.4 Å². The third-order valence-corrected chi connectivity index (χ3v) is 10.2. The van der Waals surface area contributed by atoms with Gasteiger partial charge in [-0.1, -0.05) is 55.3 Å². The summed E-state index contributed by atoms with van der Waals surface area (Å²) in [6, 6.07) is 14.3. The van der Waals surface area contributed by atoms with Crippen molar-refractivity contribution in [1.29, 1.82) is 0 Å². The second-order valence-corrected chi connectivity index (χ2v) is 13.9. The van der Waals surface area contributed by atoms with Crippen molar-refractivity contribution in [3.8, 4) is 23.0 Å². The molecule has 0 radical (unpaired) electrons. The Morgan fingerprint density at radius 2 is 1.70 bits per heavy atom. The van der Waals surface area contributed by atoms with Crippen LogP contribution < -0.4 is 33.8 Å². The van der Waals surface area contributed by atoms with Gasteiger partial charge in [-0.2, -0.15) is 0 Å². The van der Waals surface area contributed by atoms with E-state index in [0.717, 1.165) is 19.2 Å². The highest BCUT2D eigenvalue weighted by Gasteiger charge is 2.35. The molecule has 240 valence electrons. The molecule has 4 aromatic rings. The van der Waals surface area contributed by atoms with Crippen LogP contribution in [0.15, 0.2) is 78.5 Å². The lowest BCUT2D eigenvalue weighted by atomic mass is 9.95. The van der Waals surface area contributed by atoms with E-state index in [1.54, 1.807) is 46.3 Å². The molecule has 0 amide bonds. The molecule has 46 heavy (non-hydrogen) atoms. The van der Waals surface area contributed by atoms with Crippen LogP contribution in [0.3, 0.4) is 0 Å². The van der Waals surface area contributed by atoms with Gasteiger partial charge in [0.15, 0.2) is 27.8 Å². The maximum atomic E-state index is 14.2. The summed E-state index contributed by atoms with van der Waals surface area (Å²) in [5.74, 6) is 1.54. The van der Waals surface area contributed by atoms with Gasteiger partial charge in [-0.15, -0.1) is 0 Å². The summed E-state index contributed by atoms with van der Waals surface area (Å²) < 4.78 is 32.7. The number of carbonyl (C=O) groups is 1. The van der Waals surface area contributed by atoms with Crippen molar-refractivity contribution in [2.45, 2.75) is 26.5 Å². The molecule has 13 heteroatoms. The molecule has 5 rings (SSSR count). The number of ether oxygens (including phenoxy) is 5. The van der Waals surface area contributed by atoms with E-state index in [9.17, 15) is 9.59 Å². The molecule has 0 bridgehead atoms. The number of benzene rings is 3. The van der Waals surface area contributed by atoms with Crippen LogP contribution in [0.5, 0.6) is 23.0 Å². The summed E-state index contributed by atoms with van der Waals surface area (Å²) in [6.07, 6.45) is 1.79. The first-order chi connectivity index (χ1) is 22.1. The van der Waals surface area contributed by atoms with Crippen molar-refractivity contribution >= 4 is 77.8 Å². The Hall–Kier alpha value is -3.14. The third-order valence-electron chi connectivity index (χ3n) is 7.16. The van der Waals surface area contributed by atoms with E-state index in [-0.39, 0.29) is 17.7 Å². The summed E-state index contributed by atoms with van der Waals surface area (Å²) in [5, 5.41) is 0. The monoisotopic (exact) mass is 882 g/mol. The molecule has 0 unspecified atom stereocenters. The fourth-order valence-electron chi connectivity index (χ4n) is 5.02. The summed E-state index contributed by atoms with van der Waals surface area (Å²) >= 11 is 10.5. The fraction of sp³-hybridized carbons (Fsp3) is 0.242. The quantitative estimate of drug-likeness (QED) is 0.132. The number of fused-ring (bicyclic) bond motifs is 1. The lowest BCUT2D eigenvalue weighted by Crippen LogP contribution is -2.40. The number of carbonyl (C=O) groups excluding carboxylic acids is 1. The lowest BCUT2D eigenvalue weighted by Gasteiger charge is -2.26. The number of allylic oxidation sites excluding steroid dienone is 1. The molecule has 0 aliphatic carbocycles. The molecule has 9 nitrogen and oxygen atoms in total. The van der Waals surface area contributed by atoms with Gasteiger partial charge in [0.25, 0.3) is 5.56 Å². The number of thiazole rings is 1. The van der Waals surface area contributed by atoms with Crippen LogP contribution >= 0.6 is 65.8 Å². The van der Waals surface area contributed by atoms with E-state index < -0.39 is 12.0 Å². The Morgan fingerprint density at radius 3 is 2.35 bits per heavy atom. The van der Waals surface area contributed by atoms with Crippen LogP contribution in [0, 0.1) is 3.57 Å². The maximum absolute atomic E-state index is 14.2. The number of methoxy groups -OCH3 is 3. The number of nitrogens with zero attached hydrogens (tertiary/aromatic N) is 2. The molecular weight excluding hydrogens is 855 g/mol. The van der Waals surface area contributed by atoms with E-state index in [4.69, 9.17) is 23.7 Å². The number of hydrogen-bond acceptors (Lipinski definition) is 9. The number of rotatable bonds is 10. The molecule has 1 atom stereocenters. The van der Waals surface area contributed by atoms with Gasteiger partial charge in [0.1, 0.15) is 6.61 Å². The molecule has 0 N–H and O–H groups in total.